The molecule has 2 aliphatic rings. The molecule has 116 valence electrons. The molecule has 1 aromatic rings. The lowest BCUT2D eigenvalue weighted by Crippen LogP contribution is -2.47. The second kappa shape index (κ2) is 5.99. The quantitative estimate of drug-likeness (QED) is 0.829. The summed E-state index contributed by atoms with van der Waals surface area (Å²) in [4.78, 5) is 0.117. The summed E-state index contributed by atoms with van der Waals surface area (Å²) < 4.78 is 29.8. The van der Waals surface area contributed by atoms with Gasteiger partial charge in [-0.1, -0.05) is 47.1 Å². The zero-order valence-electron chi connectivity index (χ0n) is 12.1. The van der Waals surface area contributed by atoms with Crippen molar-refractivity contribution in [3.63, 3.8) is 0 Å². The second-order valence-corrected chi connectivity index (χ2v) is 9.00. The van der Waals surface area contributed by atoms with Crippen LogP contribution in [0.1, 0.15) is 36.9 Å². The molecule has 3 rings (SSSR count). The van der Waals surface area contributed by atoms with E-state index in [1.54, 1.807) is 4.31 Å². The van der Waals surface area contributed by atoms with Gasteiger partial charge in [0.05, 0.1) is 6.04 Å². The van der Waals surface area contributed by atoms with Crippen LogP contribution in [0, 0.1) is 5.92 Å². The summed E-state index contributed by atoms with van der Waals surface area (Å²) in [6.07, 6.45) is 2.92. The van der Waals surface area contributed by atoms with Gasteiger partial charge in [-0.05, 0) is 36.3 Å². The van der Waals surface area contributed by atoms with Crippen molar-refractivity contribution in [3.05, 3.63) is 35.4 Å². The Morgan fingerprint density at radius 1 is 1.33 bits per heavy atom. The molecular weight excluding hydrogens is 352 g/mol. The van der Waals surface area contributed by atoms with Crippen molar-refractivity contribution < 1.29 is 8.42 Å². The first-order valence-electron chi connectivity index (χ1n) is 7.46. The third-order valence-corrected chi connectivity index (χ3v) is 6.82. The summed E-state index contributed by atoms with van der Waals surface area (Å²) in [5.41, 5.74) is 2.31. The van der Waals surface area contributed by atoms with Gasteiger partial charge in [0.1, 0.15) is 0 Å². The zero-order chi connectivity index (χ0) is 15.0. The van der Waals surface area contributed by atoms with Crippen LogP contribution in [0.3, 0.4) is 0 Å². The molecule has 0 amide bonds. The van der Waals surface area contributed by atoms with Crippen LogP contribution in [-0.2, 0) is 16.6 Å². The van der Waals surface area contributed by atoms with Gasteiger partial charge in [-0.3, -0.25) is 0 Å². The van der Waals surface area contributed by atoms with Crippen molar-refractivity contribution in [2.75, 3.05) is 13.1 Å². The molecule has 1 saturated heterocycles. The van der Waals surface area contributed by atoms with Crippen LogP contribution in [0.4, 0.5) is 0 Å². The summed E-state index contributed by atoms with van der Waals surface area (Å²) in [7, 11) is -3.42. The van der Waals surface area contributed by atoms with E-state index in [0.717, 1.165) is 24.8 Å². The Hall–Kier alpha value is -0.430. The fourth-order valence-electron chi connectivity index (χ4n) is 3.28. The average Bonchev–Trinajstić information content (AvgIpc) is 2.75. The molecule has 0 aromatic heterocycles. The summed E-state index contributed by atoms with van der Waals surface area (Å²) in [6.45, 7) is 3.36. The largest absolute Gasteiger partial charge is 0.280 e. The summed E-state index contributed by atoms with van der Waals surface area (Å²) in [5, 5.41) is 0. The highest BCUT2D eigenvalue weighted by Gasteiger charge is 2.36. The molecule has 1 N–H and O–H groups in total. The fourth-order valence-corrected chi connectivity index (χ4v) is 5.81. The third-order valence-electron chi connectivity index (χ3n) is 4.40. The van der Waals surface area contributed by atoms with Crippen molar-refractivity contribution in [1.29, 1.82) is 0 Å². The van der Waals surface area contributed by atoms with Gasteiger partial charge in [0.15, 0.2) is 0 Å². The number of fused-ring (bicyclic) bond motifs is 1. The van der Waals surface area contributed by atoms with Gasteiger partial charge in [0, 0.05) is 17.9 Å². The maximum absolute atomic E-state index is 12.6. The minimum absolute atomic E-state index is 0.117. The van der Waals surface area contributed by atoms with Crippen LogP contribution in [0.15, 0.2) is 24.3 Å². The monoisotopic (exact) mass is 372 g/mol. The smallest absolute Gasteiger partial charge is 0.195 e. The number of piperidine rings is 1. The Bertz CT molecular complexity index is 620. The minimum Gasteiger partial charge on any atom is -0.195 e. The molecule has 21 heavy (non-hydrogen) atoms. The van der Waals surface area contributed by atoms with Gasteiger partial charge in [0.25, 0.3) is 10.2 Å². The highest BCUT2D eigenvalue weighted by Crippen LogP contribution is 2.36. The Labute approximate surface area is 135 Å². The number of alkyl halides is 1. The lowest BCUT2D eigenvalue weighted by Gasteiger charge is -2.31. The molecule has 0 saturated carbocycles. The highest BCUT2D eigenvalue weighted by molar-refractivity contribution is 9.09. The first-order chi connectivity index (χ1) is 9.97. The zero-order valence-corrected chi connectivity index (χ0v) is 14.5. The molecule has 1 aromatic carbocycles. The van der Waals surface area contributed by atoms with Gasteiger partial charge < -0.3 is 0 Å². The molecule has 1 aliphatic heterocycles. The van der Waals surface area contributed by atoms with Gasteiger partial charge in [-0.15, -0.1) is 0 Å². The maximum atomic E-state index is 12.6. The van der Waals surface area contributed by atoms with Gasteiger partial charge in [0.2, 0.25) is 0 Å². The Kier molecular flexibility index (Phi) is 4.41. The van der Waals surface area contributed by atoms with Gasteiger partial charge in [-0.25, -0.2) is 0 Å². The van der Waals surface area contributed by atoms with Crippen LogP contribution < -0.4 is 4.72 Å². The molecular formula is C15H21BrN2O2S. The van der Waals surface area contributed by atoms with Crippen molar-refractivity contribution >= 4 is 26.1 Å². The fraction of sp³-hybridized carbons (Fsp3) is 0.600. The molecule has 0 radical (unpaired) electrons. The number of hydrogen-bond donors (Lipinski definition) is 1. The van der Waals surface area contributed by atoms with E-state index >= 15 is 0 Å². The summed E-state index contributed by atoms with van der Waals surface area (Å²) in [6, 6.07) is 7.88. The summed E-state index contributed by atoms with van der Waals surface area (Å²) in [5.74, 6) is 0.436. The number of nitrogens with zero attached hydrogens (tertiary/aromatic N) is 1. The predicted octanol–water partition coefficient (Wildman–Crippen LogP) is 2.61. The topological polar surface area (TPSA) is 49.4 Å². The van der Waals surface area contributed by atoms with E-state index in [4.69, 9.17) is 0 Å². The molecule has 6 heteroatoms. The molecule has 0 bridgehead atoms. The number of benzene rings is 1. The van der Waals surface area contributed by atoms with E-state index in [2.05, 4.69) is 33.6 Å². The first kappa shape index (κ1) is 15.5. The Balaban J connectivity index is 1.79. The minimum atomic E-state index is -3.42. The van der Waals surface area contributed by atoms with Crippen LogP contribution in [-0.4, -0.2) is 30.6 Å². The summed E-state index contributed by atoms with van der Waals surface area (Å²) >= 11 is 3.63. The van der Waals surface area contributed by atoms with Crippen LogP contribution in [0.2, 0.25) is 0 Å². The van der Waals surface area contributed by atoms with E-state index in [0.29, 0.717) is 19.0 Å². The lowest BCUT2D eigenvalue weighted by molar-refractivity contribution is 0.276. The van der Waals surface area contributed by atoms with Crippen molar-refractivity contribution in [2.24, 2.45) is 5.92 Å². The number of nitrogens with one attached hydrogen (secondary N) is 1. The molecule has 1 heterocycles. The number of halogens is 1. The maximum Gasteiger partial charge on any atom is 0.280 e. The molecule has 3 unspecified atom stereocenters. The first-order valence-corrected chi connectivity index (χ1v) is 9.82. The van der Waals surface area contributed by atoms with Crippen LogP contribution in [0.25, 0.3) is 0 Å². The average molecular weight is 373 g/mol. The molecule has 3 atom stereocenters. The van der Waals surface area contributed by atoms with E-state index in [1.807, 2.05) is 18.2 Å². The number of hydrogen-bond acceptors (Lipinski definition) is 2. The Morgan fingerprint density at radius 3 is 2.86 bits per heavy atom. The molecule has 1 aliphatic carbocycles. The van der Waals surface area contributed by atoms with E-state index < -0.39 is 10.2 Å². The lowest BCUT2D eigenvalue weighted by atomic mass is 10.0. The molecule has 4 nitrogen and oxygen atoms in total. The SMILES string of the molecule is CC1CCCN(S(=O)(=O)NC2c3ccccc3CC2Br)C1. The van der Waals surface area contributed by atoms with Crippen molar-refractivity contribution in [3.8, 4) is 0 Å². The normalized spacial score (nSPS) is 30.3. The van der Waals surface area contributed by atoms with E-state index in [1.165, 1.54) is 5.56 Å². The Morgan fingerprint density at radius 2 is 2.10 bits per heavy atom. The molecule has 0 spiro atoms. The van der Waals surface area contributed by atoms with E-state index in [9.17, 15) is 8.42 Å². The molecule has 1 fully saturated rings. The van der Waals surface area contributed by atoms with Gasteiger partial charge >= 0.3 is 0 Å². The van der Waals surface area contributed by atoms with Crippen molar-refractivity contribution in [1.82, 2.24) is 9.03 Å². The highest BCUT2D eigenvalue weighted by atomic mass is 79.9. The van der Waals surface area contributed by atoms with Gasteiger partial charge in [-0.2, -0.15) is 17.4 Å². The number of rotatable bonds is 3. The predicted molar refractivity (Wildman–Crippen MR) is 87.6 cm³/mol. The third kappa shape index (κ3) is 3.18. The van der Waals surface area contributed by atoms with Crippen LogP contribution in [0.5, 0.6) is 0 Å². The van der Waals surface area contributed by atoms with Crippen molar-refractivity contribution in [2.45, 2.75) is 37.1 Å². The van der Waals surface area contributed by atoms with E-state index in [-0.39, 0.29) is 10.9 Å². The standard InChI is InChI=1S/C15H21BrN2O2S/c1-11-5-4-8-18(10-11)21(19,20)17-15-13-7-3-2-6-12(13)9-14(15)16/h2-3,6-7,11,14-15,17H,4-5,8-10H2,1H3. The second-order valence-electron chi connectivity index (χ2n) is 6.12. The van der Waals surface area contributed by atoms with Crippen LogP contribution >= 0.6 is 15.9 Å².